The summed E-state index contributed by atoms with van der Waals surface area (Å²) >= 11 is 0. The van der Waals surface area contributed by atoms with Gasteiger partial charge in [-0.2, -0.15) is 5.10 Å². The summed E-state index contributed by atoms with van der Waals surface area (Å²) in [5, 5.41) is 16.6. The molecule has 1 fully saturated rings. The van der Waals surface area contributed by atoms with E-state index in [9.17, 15) is 14.3 Å². The fourth-order valence-corrected chi connectivity index (χ4v) is 3.31. The number of carbonyl (C=O) groups is 1. The molecule has 0 saturated carbocycles. The number of rotatable bonds is 4. The molecule has 3 rings (SSSR count). The molecule has 0 bridgehead atoms. The van der Waals surface area contributed by atoms with Crippen molar-refractivity contribution in [1.82, 2.24) is 15.1 Å². The molecule has 5 nitrogen and oxygen atoms in total. The molecule has 2 N–H and O–H groups in total. The van der Waals surface area contributed by atoms with E-state index in [0.29, 0.717) is 30.1 Å². The van der Waals surface area contributed by atoms with Crippen LogP contribution in [0, 0.1) is 12.7 Å². The summed E-state index contributed by atoms with van der Waals surface area (Å²) in [5.41, 5.74) is 2.21. The van der Waals surface area contributed by atoms with Crippen LogP contribution in [0.4, 0.5) is 4.39 Å². The van der Waals surface area contributed by atoms with Crippen LogP contribution in [0.5, 0.6) is 0 Å². The van der Waals surface area contributed by atoms with Crippen molar-refractivity contribution in [2.24, 2.45) is 0 Å². The third-order valence-electron chi connectivity index (χ3n) is 4.59. The number of piperidine rings is 1. The highest BCUT2D eigenvalue weighted by molar-refractivity contribution is 5.75. The Morgan fingerprint density at radius 3 is 2.70 bits per heavy atom. The van der Waals surface area contributed by atoms with Gasteiger partial charge in [0.05, 0.1) is 0 Å². The molecule has 1 aliphatic rings. The number of hydrogen-bond donors (Lipinski definition) is 2. The van der Waals surface area contributed by atoms with Crippen molar-refractivity contribution in [3.8, 4) is 0 Å². The maximum atomic E-state index is 13.4. The summed E-state index contributed by atoms with van der Waals surface area (Å²) in [4.78, 5) is 13.7. The summed E-state index contributed by atoms with van der Waals surface area (Å²) in [6, 6.07) is 5.80. The average Bonchev–Trinajstić information content (AvgIpc) is 3.06. The SMILES string of the molecule is Cc1cc(C(C(=O)O)N2CCC(c3ccn[nH]3)CC2)ccc1F. The van der Waals surface area contributed by atoms with Crippen molar-refractivity contribution < 1.29 is 14.3 Å². The number of aromatic amines is 1. The van der Waals surface area contributed by atoms with E-state index in [1.165, 1.54) is 6.07 Å². The number of nitrogens with one attached hydrogen (secondary N) is 1. The molecule has 2 heterocycles. The Morgan fingerprint density at radius 2 is 2.13 bits per heavy atom. The third-order valence-corrected chi connectivity index (χ3v) is 4.59. The van der Waals surface area contributed by atoms with Crippen LogP contribution >= 0.6 is 0 Å². The van der Waals surface area contributed by atoms with Crippen LogP contribution in [-0.2, 0) is 4.79 Å². The lowest BCUT2D eigenvalue weighted by Crippen LogP contribution is -2.39. The first-order chi connectivity index (χ1) is 11.1. The lowest BCUT2D eigenvalue weighted by molar-refractivity contribution is -0.144. The highest BCUT2D eigenvalue weighted by Gasteiger charge is 2.31. The first-order valence-electron chi connectivity index (χ1n) is 7.78. The smallest absolute Gasteiger partial charge is 0.325 e. The maximum absolute atomic E-state index is 13.4. The number of H-pyrrole nitrogens is 1. The number of benzene rings is 1. The normalized spacial score (nSPS) is 18.0. The monoisotopic (exact) mass is 317 g/mol. The van der Waals surface area contributed by atoms with Crippen molar-refractivity contribution in [1.29, 1.82) is 0 Å². The molecule has 0 spiro atoms. The zero-order valence-corrected chi connectivity index (χ0v) is 13.0. The van der Waals surface area contributed by atoms with E-state index in [1.807, 2.05) is 11.0 Å². The number of nitrogens with zero attached hydrogens (tertiary/aromatic N) is 2. The van der Waals surface area contributed by atoms with Gasteiger partial charge in [-0.05, 0) is 56.1 Å². The van der Waals surface area contributed by atoms with Gasteiger partial charge in [-0.3, -0.25) is 14.8 Å². The summed E-state index contributed by atoms with van der Waals surface area (Å²) in [6.07, 6.45) is 3.50. The molecule has 2 aromatic rings. The van der Waals surface area contributed by atoms with E-state index in [0.717, 1.165) is 18.5 Å². The van der Waals surface area contributed by atoms with E-state index >= 15 is 0 Å². The lowest BCUT2D eigenvalue weighted by Gasteiger charge is -2.35. The second kappa shape index (κ2) is 6.50. The molecule has 1 atom stereocenters. The molecule has 23 heavy (non-hydrogen) atoms. The van der Waals surface area contributed by atoms with Crippen molar-refractivity contribution in [2.75, 3.05) is 13.1 Å². The van der Waals surface area contributed by atoms with Crippen LogP contribution in [-0.4, -0.2) is 39.3 Å². The lowest BCUT2D eigenvalue weighted by atomic mass is 9.91. The second-order valence-corrected chi connectivity index (χ2v) is 6.07. The molecule has 0 amide bonds. The van der Waals surface area contributed by atoms with Crippen LogP contribution in [0.15, 0.2) is 30.5 Å². The Balaban J connectivity index is 1.75. The van der Waals surface area contributed by atoms with Crippen molar-refractivity contribution in [2.45, 2.75) is 31.7 Å². The number of likely N-dealkylation sites (tertiary alicyclic amines) is 1. The van der Waals surface area contributed by atoms with Crippen LogP contribution in [0.2, 0.25) is 0 Å². The van der Waals surface area contributed by atoms with Crippen molar-refractivity contribution in [3.05, 3.63) is 53.1 Å². The minimum atomic E-state index is -0.893. The fraction of sp³-hybridized carbons (Fsp3) is 0.412. The minimum absolute atomic E-state index is 0.309. The number of aromatic nitrogens is 2. The molecule has 1 aromatic carbocycles. The van der Waals surface area contributed by atoms with Gasteiger partial charge in [0.2, 0.25) is 0 Å². The highest BCUT2D eigenvalue weighted by Crippen LogP contribution is 2.32. The van der Waals surface area contributed by atoms with Gasteiger partial charge in [0, 0.05) is 17.8 Å². The molecule has 1 saturated heterocycles. The first kappa shape index (κ1) is 15.7. The van der Waals surface area contributed by atoms with Gasteiger partial charge in [0.1, 0.15) is 11.9 Å². The number of carboxylic acids is 1. The molecular weight excluding hydrogens is 297 g/mol. The fourth-order valence-electron chi connectivity index (χ4n) is 3.31. The quantitative estimate of drug-likeness (QED) is 0.910. The molecule has 0 aliphatic carbocycles. The van der Waals surface area contributed by atoms with Crippen LogP contribution in [0.25, 0.3) is 0 Å². The molecule has 122 valence electrons. The van der Waals surface area contributed by atoms with Crippen LogP contribution < -0.4 is 0 Å². The molecule has 1 aliphatic heterocycles. The number of hydrogen-bond acceptors (Lipinski definition) is 3. The zero-order valence-electron chi connectivity index (χ0n) is 13.0. The zero-order chi connectivity index (χ0) is 16.4. The standard InChI is InChI=1S/C17H20FN3O2/c1-11-10-13(2-3-14(11)18)16(17(22)23)21-8-5-12(6-9-21)15-4-7-19-20-15/h2-4,7,10,12,16H,5-6,8-9H2,1H3,(H,19,20)(H,22,23). The summed E-state index contributed by atoms with van der Waals surface area (Å²) in [5.74, 6) is -0.815. The van der Waals surface area contributed by atoms with Crippen molar-refractivity contribution >= 4 is 5.97 Å². The Hall–Kier alpha value is -2.21. The van der Waals surface area contributed by atoms with Gasteiger partial charge in [0.15, 0.2) is 0 Å². The predicted molar refractivity (Wildman–Crippen MR) is 83.6 cm³/mol. The molecule has 1 aromatic heterocycles. The molecule has 1 unspecified atom stereocenters. The van der Waals surface area contributed by atoms with Gasteiger partial charge in [-0.1, -0.05) is 12.1 Å². The van der Waals surface area contributed by atoms with Crippen molar-refractivity contribution in [3.63, 3.8) is 0 Å². The Labute approximate surface area is 134 Å². The minimum Gasteiger partial charge on any atom is -0.480 e. The van der Waals surface area contributed by atoms with E-state index in [-0.39, 0.29) is 5.82 Å². The number of aliphatic carboxylic acids is 1. The number of carboxylic acid groups (broad SMARTS) is 1. The Bertz CT molecular complexity index is 679. The van der Waals surface area contributed by atoms with Crippen LogP contribution in [0.1, 0.15) is 41.6 Å². The number of aryl methyl sites for hydroxylation is 1. The first-order valence-corrected chi connectivity index (χ1v) is 7.78. The van der Waals surface area contributed by atoms with E-state index in [4.69, 9.17) is 0 Å². The van der Waals surface area contributed by atoms with E-state index < -0.39 is 12.0 Å². The Kier molecular flexibility index (Phi) is 4.43. The second-order valence-electron chi connectivity index (χ2n) is 6.07. The van der Waals surface area contributed by atoms with Crippen LogP contribution in [0.3, 0.4) is 0 Å². The predicted octanol–water partition coefficient (Wildman–Crippen LogP) is 2.86. The maximum Gasteiger partial charge on any atom is 0.325 e. The van der Waals surface area contributed by atoms with E-state index in [2.05, 4.69) is 10.2 Å². The number of halogens is 1. The molecule has 6 heteroatoms. The summed E-state index contributed by atoms with van der Waals surface area (Å²) in [7, 11) is 0. The average molecular weight is 317 g/mol. The third kappa shape index (κ3) is 3.27. The van der Waals surface area contributed by atoms with Gasteiger partial charge in [-0.15, -0.1) is 0 Å². The van der Waals surface area contributed by atoms with Gasteiger partial charge in [0.25, 0.3) is 0 Å². The largest absolute Gasteiger partial charge is 0.480 e. The van der Waals surface area contributed by atoms with E-state index in [1.54, 1.807) is 25.3 Å². The van der Waals surface area contributed by atoms with Gasteiger partial charge in [-0.25, -0.2) is 4.39 Å². The molecule has 0 radical (unpaired) electrons. The van der Waals surface area contributed by atoms with Gasteiger partial charge >= 0.3 is 5.97 Å². The molecular formula is C17H20FN3O2. The highest BCUT2D eigenvalue weighted by atomic mass is 19.1. The topological polar surface area (TPSA) is 69.2 Å². The summed E-state index contributed by atoms with van der Waals surface area (Å²) in [6.45, 7) is 3.04. The summed E-state index contributed by atoms with van der Waals surface area (Å²) < 4.78 is 13.4. The Morgan fingerprint density at radius 1 is 1.39 bits per heavy atom. The van der Waals surface area contributed by atoms with Gasteiger partial charge < -0.3 is 5.11 Å².